The Kier molecular flexibility index (Phi) is 3.78. The van der Waals surface area contributed by atoms with Crippen molar-refractivity contribution < 1.29 is 0 Å². The third-order valence-corrected chi connectivity index (χ3v) is 3.56. The first-order valence-electron chi connectivity index (χ1n) is 6.18. The molecule has 1 aliphatic rings. The average Bonchev–Trinajstić information content (AvgIpc) is 2.51. The fourth-order valence-corrected chi connectivity index (χ4v) is 2.62. The molecule has 1 aliphatic heterocycles. The third-order valence-electron chi connectivity index (χ3n) is 3.56. The molecule has 0 amide bonds. The van der Waals surface area contributed by atoms with Gasteiger partial charge in [-0.1, -0.05) is 18.6 Å². The molecule has 17 heavy (non-hydrogen) atoms. The summed E-state index contributed by atoms with van der Waals surface area (Å²) >= 11 is 0. The molecular formula is C14H19N3. The minimum atomic E-state index is 0.190. The van der Waals surface area contributed by atoms with Crippen molar-refractivity contribution in [3.63, 3.8) is 0 Å². The molecule has 2 N–H and O–H groups in total. The summed E-state index contributed by atoms with van der Waals surface area (Å²) in [5.41, 5.74) is 8.20. The summed E-state index contributed by atoms with van der Waals surface area (Å²) in [6.07, 6.45) is 3.50. The van der Waals surface area contributed by atoms with Crippen LogP contribution in [0.1, 0.15) is 36.4 Å². The fraction of sp³-hybridized carbons (Fsp3) is 0.500. The van der Waals surface area contributed by atoms with Crippen LogP contribution in [0.5, 0.6) is 0 Å². The lowest BCUT2D eigenvalue weighted by Crippen LogP contribution is -2.37. The van der Waals surface area contributed by atoms with E-state index in [1.54, 1.807) is 0 Å². The van der Waals surface area contributed by atoms with Crippen molar-refractivity contribution >= 4 is 0 Å². The molecule has 3 nitrogen and oxygen atoms in total. The standard InChI is InChI=1S/C14H19N3/c1-17-9-3-2-4-13(16)14(17)12-7-5-11(10-15)6-8-12/h5-8,13-14H,2-4,9,16H2,1H3. The van der Waals surface area contributed by atoms with E-state index in [-0.39, 0.29) is 12.1 Å². The van der Waals surface area contributed by atoms with E-state index in [1.165, 1.54) is 18.4 Å². The zero-order valence-electron chi connectivity index (χ0n) is 10.3. The van der Waals surface area contributed by atoms with Gasteiger partial charge in [-0.3, -0.25) is 4.90 Å². The average molecular weight is 229 g/mol. The van der Waals surface area contributed by atoms with Crippen molar-refractivity contribution in [1.82, 2.24) is 4.90 Å². The molecule has 0 aromatic heterocycles. The van der Waals surface area contributed by atoms with Crippen LogP contribution in [0.2, 0.25) is 0 Å². The number of nitriles is 1. The van der Waals surface area contributed by atoms with E-state index in [1.807, 2.05) is 24.3 Å². The first kappa shape index (κ1) is 12.1. The number of likely N-dealkylation sites (N-methyl/N-ethyl adjacent to an activating group) is 1. The van der Waals surface area contributed by atoms with Gasteiger partial charge in [-0.15, -0.1) is 0 Å². The molecular weight excluding hydrogens is 210 g/mol. The van der Waals surface area contributed by atoms with Gasteiger partial charge < -0.3 is 5.73 Å². The van der Waals surface area contributed by atoms with E-state index < -0.39 is 0 Å². The monoisotopic (exact) mass is 229 g/mol. The van der Waals surface area contributed by atoms with Crippen LogP contribution in [-0.2, 0) is 0 Å². The number of likely N-dealkylation sites (tertiary alicyclic amines) is 1. The smallest absolute Gasteiger partial charge is 0.0991 e. The van der Waals surface area contributed by atoms with Gasteiger partial charge in [-0.25, -0.2) is 0 Å². The van der Waals surface area contributed by atoms with Crippen molar-refractivity contribution in [3.8, 4) is 6.07 Å². The summed E-state index contributed by atoms with van der Waals surface area (Å²) in [6, 6.07) is 10.4. The van der Waals surface area contributed by atoms with Crippen LogP contribution in [-0.4, -0.2) is 24.5 Å². The van der Waals surface area contributed by atoms with Crippen molar-refractivity contribution in [2.45, 2.75) is 31.3 Å². The molecule has 1 heterocycles. The second-order valence-electron chi connectivity index (χ2n) is 4.82. The molecule has 0 aliphatic carbocycles. The first-order valence-corrected chi connectivity index (χ1v) is 6.18. The quantitative estimate of drug-likeness (QED) is 0.801. The highest BCUT2D eigenvalue weighted by molar-refractivity contribution is 5.33. The van der Waals surface area contributed by atoms with E-state index in [0.29, 0.717) is 5.56 Å². The summed E-state index contributed by atoms with van der Waals surface area (Å²) in [5.74, 6) is 0. The fourth-order valence-electron chi connectivity index (χ4n) is 2.62. The minimum Gasteiger partial charge on any atom is -0.326 e. The van der Waals surface area contributed by atoms with Gasteiger partial charge in [0.15, 0.2) is 0 Å². The Morgan fingerprint density at radius 1 is 1.29 bits per heavy atom. The second kappa shape index (κ2) is 5.31. The zero-order chi connectivity index (χ0) is 12.3. The largest absolute Gasteiger partial charge is 0.326 e. The SMILES string of the molecule is CN1CCCCC(N)C1c1ccc(C#N)cc1. The maximum atomic E-state index is 8.80. The first-order chi connectivity index (χ1) is 8.22. The van der Waals surface area contributed by atoms with Crippen molar-refractivity contribution in [1.29, 1.82) is 5.26 Å². The van der Waals surface area contributed by atoms with Gasteiger partial charge in [0.25, 0.3) is 0 Å². The van der Waals surface area contributed by atoms with Gasteiger partial charge in [-0.2, -0.15) is 5.26 Å². The maximum Gasteiger partial charge on any atom is 0.0991 e. The topological polar surface area (TPSA) is 53.0 Å². The predicted molar refractivity (Wildman–Crippen MR) is 68.4 cm³/mol. The Labute approximate surface area is 103 Å². The van der Waals surface area contributed by atoms with Crippen LogP contribution >= 0.6 is 0 Å². The summed E-state index contributed by atoms with van der Waals surface area (Å²) in [4.78, 5) is 2.33. The molecule has 0 spiro atoms. The maximum absolute atomic E-state index is 8.80. The molecule has 1 fully saturated rings. The molecule has 3 heteroatoms. The van der Waals surface area contributed by atoms with Crippen LogP contribution in [0.25, 0.3) is 0 Å². The number of hydrogen-bond acceptors (Lipinski definition) is 3. The molecule has 2 unspecified atom stereocenters. The lowest BCUT2D eigenvalue weighted by atomic mass is 9.96. The Bertz CT molecular complexity index is 392. The Morgan fingerprint density at radius 2 is 2.00 bits per heavy atom. The van der Waals surface area contributed by atoms with Crippen LogP contribution in [0.3, 0.4) is 0 Å². The molecule has 0 saturated carbocycles. The molecule has 1 aromatic carbocycles. The van der Waals surface area contributed by atoms with Crippen LogP contribution in [0.15, 0.2) is 24.3 Å². The summed E-state index contributed by atoms with van der Waals surface area (Å²) in [7, 11) is 2.13. The lowest BCUT2D eigenvalue weighted by Gasteiger charge is -2.30. The van der Waals surface area contributed by atoms with E-state index in [9.17, 15) is 0 Å². The molecule has 0 radical (unpaired) electrons. The number of nitrogens with zero attached hydrogens (tertiary/aromatic N) is 2. The van der Waals surface area contributed by atoms with Gasteiger partial charge in [0, 0.05) is 12.1 Å². The normalized spacial score (nSPS) is 26.2. The van der Waals surface area contributed by atoms with Gasteiger partial charge in [0.2, 0.25) is 0 Å². The molecule has 0 bridgehead atoms. The van der Waals surface area contributed by atoms with Gasteiger partial charge in [0.05, 0.1) is 11.6 Å². The predicted octanol–water partition coefficient (Wildman–Crippen LogP) is 2.04. The Hall–Kier alpha value is -1.37. The van der Waals surface area contributed by atoms with Crippen LogP contribution in [0.4, 0.5) is 0 Å². The molecule has 90 valence electrons. The third kappa shape index (κ3) is 2.66. The molecule has 2 rings (SSSR count). The zero-order valence-corrected chi connectivity index (χ0v) is 10.3. The molecule has 2 atom stereocenters. The van der Waals surface area contributed by atoms with Crippen LogP contribution < -0.4 is 5.73 Å². The Morgan fingerprint density at radius 3 is 2.65 bits per heavy atom. The number of nitrogens with two attached hydrogens (primary N) is 1. The lowest BCUT2D eigenvalue weighted by molar-refractivity contribution is 0.230. The van der Waals surface area contributed by atoms with Crippen molar-refractivity contribution in [3.05, 3.63) is 35.4 Å². The van der Waals surface area contributed by atoms with Crippen LogP contribution in [0, 0.1) is 11.3 Å². The van der Waals surface area contributed by atoms with E-state index in [0.717, 1.165) is 13.0 Å². The van der Waals surface area contributed by atoms with E-state index in [2.05, 4.69) is 18.0 Å². The summed E-state index contributed by atoms with van der Waals surface area (Å²) in [5, 5.41) is 8.80. The van der Waals surface area contributed by atoms with Gasteiger partial charge >= 0.3 is 0 Å². The van der Waals surface area contributed by atoms with Crippen molar-refractivity contribution in [2.75, 3.05) is 13.6 Å². The molecule has 1 saturated heterocycles. The summed E-state index contributed by atoms with van der Waals surface area (Å²) < 4.78 is 0. The highest BCUT2D eigenvalue weighted by Gasteiger charge is 2.25. The Balaban J connectivity index is 2.25. The highest BCUT2D eigenvalue weighted by Crippen LogP contribution is 2.28. The number of benzene rings is 1. The summed E-state index contributed by atoms with van der Waals surface area (Å²) in [6.45, 7) is 1.10. The van der Waals surface area contributed by atoms with Gasteiger partial charge in [-0.05, 0) is 44.1 Å². The second-order valence-corrected chi connectivity index (χ2v) is 4.82. The molecule has 1 aromatic rings. The van der Waals surface area contributed by atoms with Crippen molar-refractivity contribution in [2.24, 2.45) is 5.73 Å². The van der Waals surface area contributed by atoms with E-state index >= 15 is 0 Å². The number of rotatable bonds is 1. The minimum absolute atomic E-state index is 0.190. The van der Waals surface area contributed by atoms with E-state index in [4.69, 9.17) is 11.0 Å². The van der Waals surface area contributed by atoms with Gasteiger partial charge in [0.1, 0.15) is 0 Å². The number of hydrogen-bond donors (Lipinski definition) is 1. The highest BCUT2D eigenvalue weighted by atomic mass is 15.1.